The number of nitrogens with zero attached hydrogens (tertiary/aromatic N) is 2. The fraction of sp³-hybridized carbons (Fsp3) is 0.308. The van der Waals surface area contributed by atoms with Crippen LogP contribution < -0.4 is 15.2 Å². The van der Waals surface area contributed by atoms with Crippen molar-refractivity contribution in [3.63, 3.8) is 0 Å². The van der Waals surface area contributed by atoms with Crippen LogP contribution in [0.25, 0.3) is 0 Å². The van der Waals surface area contributed by atoms with Crippen LogP contribution in [0.1, 0.15) is 5.56 Å². The van der Waals surface area contributed by atoms with E-state index in [0.717, 1.165) is 11.3 Å². The Hall–Kier alpha value is -2.06. The molecule has 0 radical (unpaired) electrons. The zero-order valence-electron chi connectivity index (χ0n) is 11.5. The Labute approximate surface area is 122 Å². The van der Waals surface area contributed by atoms with Crippen molar-refractivity contribution in [1.82, 2.24) is 14.5 Å². The van der Waals surface area contributed by atoms with Crippen LogP contribution in [0.4, 0.5) is 5.82 Å². The number of hydrogen-bond donors (Lipinski definition) is 2. The number of fused-ring (bicyclic) bond motifs is 1. The van der Waals surface area contributed by atoms with E-state index in [1.807, 2.05) is 24.3 Å². The Kier molecular flexibility index (Phi) is 3.34. The van der Waals surface area contributed by atoms with Crippen molar-refractivity contribution >= 4 is 15.8 Å². The third-order valence-electron chi connectivity index (χ3n) is 3.33. The molecule has 1 aromatic heterocycles. The van der Waals surface area contributed by atoms with Crippen molar-refractivity contribution in [2.24, 2.45) is 7.05 Å². The number of hydrogen-bond acceptors (Lipinski definition) is 5. The lowest BCUT2D eigenvalue weighted by molar-refractivity contribution is 0.236. The molecule has 0 saturated carbocycles. The van der Waals surface area contributed by atoms with Crippen molar-refractivity contribution in [2.45, 2.75) is 17.4 Å². The zero-order valence-corrected chi connectivity index (χ0v) is 12.3. The summed E-state index contributed by atoms with van der Waals surface area (Å²) in [6, 6.07) is 7.68. The molecule has 0 aliphatic carbocycles. The van der Waals surface area contributed by atoms with Crippen LogP contribution in [0, 0.1) is 0 Å². The van der Waals surface area contributed by atoms with Crippen molar-refractivity contribution in [2.75, 3.05) is 12.3 Å². The van der Waals surface area contributed by atoms with E-state index in [9.17, 15) is 8.42 Å². The quantitative estimate of drug-likeness (QED) is 0.845. The maximum Gasteiger partial charge on any atom is 0.245 e. The lowest BCUT2D eigenvalue weighted by Crippen LogP contribution is -2.34. The summed E-state index contributed by atoms with van der Waals surface area (Å²) in [6.45, 7) is 0.186. The molecular weight excluding hydrogens is 292 g/mol. The zero-order chi connectivity index (χ0) is 15.0. The van der Waals surface area contributed by atoms with Crippen LogP contribution in [0.3, 0.4) is 0 Å². The Balaban J connectivity index is 1.68. The first kappa shape index (κ1) is 13.9. The largest absolute Gasteiger partial charge is 0.488 e. The minimum absolute atomic E-state index is 0.0133. The van der Waals surface area contributed by atoms with E-state index >= 15 is 0 Å². The normalized spacial score (nSPS) is 17.5. The van der Waals surface area contributed by atoms with Crippen molar-refractivity contribution < 1.29 is 13.2 Å². The van der Waals surface area contributed by atoms with Gasteiger partial charge in [-0.2, -0.15) is 5.10 Å². The van der Waals surface area contributed by atoms with Gasteiger partial charge in [-0.15, -0.1) is 0 Å². The molecule has 7 nitrogen and oxygen atoms in total. The number of para-hydroxylation sites is 1. The number of aromatic nitrogens is 2. The second-order valence-electron chi connectivity index (χ2n) is 4.96. The molecule has 0 amide bonds. The summed E-state index contributed by atoms with van der Waals surface area (Å²) in [6.07, 6.45) is 1.85. The molecular formula is C13H16N4O3S. The van der Waals surface area contributed by atoms with Crippen LogP contribution in [0.5, 0.6) is 5.75 Å². The number of benzene rings is 1. The summed E-state index contributed by atoms with van der Waals surface area (Å²) in [7, 11) is -2.07. The van der Waals surface area contributed by atoms with Gasteiger partial charge in [0.2, 0.25) is 10.0 Å². The molecule has 1 unspecified atom stereocenters. The molecule has 1 aliphatic heterocycles. The Morgan fingerprint density at radius 3 is 2.90 bits per heavy atom. The van der Waals surface area contributed by atoms with Gasteiger partial charge < -0.3 is 10.5 Å². The molecule has 3 rings (SSSR count). The van der Waals surface area contributed by atoms with E-state index in [0.29, 0.717) is 6.42 Å². The minimum Gasteiger partial charge on any atom is -0.488 e. The predicted molar refractivity (Wildman–Crippen MR) is 77.4 cm³/mol. The van der Waals surface area contributed by atoms with Gasteiger partial charge >= 0.3 is 0 Å². The summed E-state index contributed by atoms with van der Waals surface area (Å²) in [5.41, 5.74) is 6.68. The van der Waals surface area contributed by atoms with Crippen LogP contribution >= 0.6 is 0 Å². The molecule has 0 bridgehead atoms. The lowest BCUT2D eigenvalue weighted by atomic mass is 10.1. The minimum atomic E-state index is -3.68. The standard InChI is InChI=1S/C13H16N4O3S/c1-17-8-12(13(14)16-17)21(18,19)15-7-10-6-9-4-2-3-5-11(9)20-10/h2-5,8,10,15H,6-7H2,1H3,(H2,14,16). The van der Waals surface area contributed by atoms with E-state index in [2.05, 4.69) is 9.82 Å². The molecule has 1 aromatic carbocycles. The van der Waals surface area contributed by atoms with Gasteiger partial charge in [0.15, 0.2) is 5.82 Å². The van der Waals surface area contributed by atoms with Crippen LogP contribution in [0.2, 0.25) is 0 Å². The van der Waals surface area contributed by atoms with Crippen LogP contribution in [0.15, 0.2) is 35.4 Å². The highest BCUT2D eigenvalue weighted by Gasteiger charge is 2.26. The highest BCUT2D eigenvalue weighted by molar-refractivity contribution is 7.89. The van der Waals surface area contributed by atoms with E-state index < -0.39 is 10.0 Å². The molecule has 2 heterocycles. The van der Waals surface area contributed by atoms with Gasteiger partial charge in [-0.3, -0.25) is 4.68 Å². The predicted octanol–water partition coefficient (Wildman–Crippen LogP) is 0.284. The van der Waals surface area contributed by atoms with Gasteiger partial charge in [0.05, 0.1) is 0 Å². The van der Waals surface area contributed by atoms with Crippen molar-refractivity contribution in [3.8, 4) is 5.75 Å². The number of sulfonamides is 1. The molecule has 0 saturated heterocycles. The fourth-order valence-corrected chi connectivity index (χ4v) is 3.51. The van der Waals surface area contributed by atoms with Gasteiger partial charge in [-0.05, 0) is 11.6 Å². The van der Waals surface area contributed by atoms with Gasteiger partial charge in [0.1, 0.15) is 16.7 Å². The van der Waals surface area contributed by atoms with Gasteiger partial charge in [-0.1, -0.05) is 18.2 Å². The van der Waals surface area contributed by atoms with Crippen molar-refractivity contribution in [1.29, 1.82) is 0 Å². The molecule has 1 aliphatic rings. The Bertz CT molecular complexity index is 744. The summed E-state index contributed by atoms with van der Waals surface area (Å²) in [5.74, 6) is 0.795. The molecule has 1 atom stereocenters. The molecule has 21 heavy (non-hydrogen) atoms. The summed E-state index contributed by atoms with van der Waals surface area (Å²) < 4.78 is 34.0. The van der Waals surface area contributed by atoms with Crippen LogP contribution in [-0.2, 0) is 23.5 Å². The number of anilines is 1. The monoisotopic (exact) mass is 308 g/mol. The van der Waals surface area contributed by atoms with E-state index in [1.54, 1.807) is 7.05 Å². The van der Waals surface area contributed by atoms with Gasteiger partial charge in [0.25, 0.3) is 0 Å². The van der Waals surface area contributed by atoms with E-state index in [1.165, 1.54) is 10.9 Å². The first-order valence-corrected chi connectivity index (χ1v) is 7.97. The second kappa shape index (κ2) is 5.05. The van der Waals surface area contributed by atoms with Crippen LogP contribution in [-0.4, -0.2) is 30.8 Å². The molecule has 8 heteroatoms. The molecule has 0 fully saturated rings. The third-order valence-corrected chi connectivity index (χ3v) is 4.77. The summed E-state index contributed by atoms with van der Waals surface area (Å²) >= 11 is 0. The first-order chi connectivity index (χ1) is 9.95. The van der Waals surface area contributed by atoms with E-state index in [-0.39, 0.29) is 23.4 Å². The molecule has 112 valence electrons. The van der Waals surface area contributed by atoms with Gasteiger partial charge in [0, 0.05) is 26.2 Å². The second-order valence-corrected chi connectivity index (χ2v) is 6.69. The number of nitrogen functional groups attached to an aromatic ring is 1. The van der Waals surface area contributed by atoms with Crippen molar-refractivity contribution in [3.05, 3.63) is 36.0 Å². The highest BCUT2D eigenvalue weighted by atomic mass is 32.2. The highest BCUT2D eigenvalue weighted by Crippen LogP contribution is 2.28. The number of nitrogens with two attached hydrogens (primary N) is 1. The topological polar surface area (TPSA) is 99.2 Å². The number of ether oxygens (including phenoxy) is 1. The number of rotatable bonds is 4. The first-order valence-electron chi connectivity index (χ1n) is 6.49. The number of nitrogens with one attached hydrogen (secondary N) is 1. The molecule has 2 aromatic rings. The molecule has 0 spiro atoms. The Morgan fingerprint density at radius 2 is 2.24 bits per heavy atom. The van der Waals surface area contributed by atoms with E-state index in [4.69, 9.17) is 10.5 Å². The fourth-order valence-electron chi connectivity index (χ4n) is 2.34. The summed E-state index contributed by atoms with van der Waals surface area (Å²) in [4.78, 5) is -0.0134. The summed E-state index contributed by atoms with van der Waals surface area (Å²) in [5, 5.41) is 3.83. The average Bonchev–Trinajstić information content (AvgIpc) is 2.99. The number of aryl methyl sites for hydroxylation is 1. The average molecular weight is 308 g/mol. The van der Waals surface area contributed by atoms with Gasteiger partial charge in [-0.25, -0.2) is 13.1 Å². The maximum atomic E-state index is 12.2. The third kappa shape index (κ3) is 2.72. The molecule has 3 N–H and O–H groups in total. The Morgan fingerprint density at radius 1 is 1.48 bits per heavy atom. The lowest BCUT2D eigenvalue weighted by Gasteiger charge is -2.11. The smallest absolute Gasteiger partial charge is 0.245 e. The SMILES string of the molecule is Cn1cc(S(=O)(=O)NCC2Cc3ccccc3O2)c(N)n1. The maximum absolute atomic E-state index is 12.2.